The topological polar surface area (TPSA) is 37.4 Å². The predicted octanol–water partition coefficient (Wildman–Crippen LogP) is 3.32. The van der Waals surface area contributed by atoms with Crippen molar-refractivity contribution in [3.8, 4) is 0 Å². The largest absolute Gasteiger partial charge is 0.312 e. The number of rotatable bonds is 2. The van der Waals surface area contributed by atoms with Gasteiger partial charge in [0.1, 0.15) is 11.6 Å². The maximum atomic E-state index is 13.7. The van der Waals surface area contributed by atoms with Crippen LogP contribution < -0.4 is 0 Å². The molecule has 0 atom stereocenters. The van der Waals surface area contributed by atoms with Crippen LogP contribution in [0.15, 0.2) is 41.6 Å². The second-order valence-electron chi connectivity index (χ2n) is 5.33. The first-order valence-corrected chi connectivity index (χ1v) is 6.90. The van der Waals surface area contributed by atoms with Gasteiger partial charge in [-0.05, 0) is 26.0 Å². The second-order valence-corrected chi connectivity index (χ2v) is 5.33. The number of benzene rings is 1. The van der Waals surface area contributed by atoms with Crippen molar-refractivity contribution in [2.24, 2.45) is 0 Å². The summed E-state index contributed by atoms with van der Waals surface area (Å²) in [7, 11) is 0. The number of allylic oxidation sites excluding steroid dienone is 2. The summed E-state index contributed by atoms with van der Waals surface area (Å²) in [5, 5.41) is 0. The first-order chi connectivity index (χ1) is 9.97. The molecule has 0 bridgehead atoms. The van der Waals surface area contributed by atoms with E-state index in [0.717, 1.165) is 5.57 Å². The van der Waals surface area contributed by atoms with Crippen LogP contribution >= 0.6 is 0 Å². The third-order valence-corrected chi connectivity index (χ3v) is 3.24. The summed E-state index contributed by atoms with van der Waals surface area (Å²) < 4.78 is 13.7. The highest BCUT2D eigenvalue weighted by molar-refractivity contribution is 5.94. The maximum absolute atomic E-state index is 13.7. The average molecular weight is 287 g/mol. The molecule has 0 unspecified atom stereocenters. The number of ketones is 1. The van der Waals surface area contributed by atoms with E-state index < -0.39 is 0 Å². The van der Waals surface area contributed by atoms with Crippen molar-refractivity contribution in [3.63, 3.8) is 0 Å². The van der Waals surface area contributed by atoms with Gasteiger partial charge in [0.25, 0.3) is 5.91 Å². The Bertz CT molecular complexity index is 627. The molecule has 1 aliphatic heterocycles. The molecule has 0 spiro atoms. The molecule has 0 N–H and O–H groups in total. The fraction of sp³-hybridized carbons (Fsp3) is 0.294. The lowest BCUT2D eigenvalue weighted by molar-refractivity contribution is -0.127. The number of carbonyl (C=O) groups excluding carboxylic acids is 2. The summed E-state index contributed by atoms with van der Waals surface area (Å²) in [6.45, 7) is 4.03. The molecule has 1 amide bonds. The lowest BCUT2D eigenvalue weighted by Gasteiger charge is -2.28. The van der Waals surface area contributed by atoms with Crippen molar-refractivity contribution in [2.45, 2.75) is 26.7 Å². The van der Waals surface area contributed by atoms with Crippen LogP contribution in [-0.4, -0.2) is 23.1 Å². The van der Waals surface area contributed by atoms with Gasteiger partial charge < -0.3 is 4.90 Å². The van der Waals surface area contributed by atoms with Crippen molar-refractivity contribution in [1.82, 2.24) is 4.90 Å². The summed E-state index contributed by atoms with van der Waals surface area (Å²) in [6.07, 6.45) is 3.63. The van der Waals surface area contributed by atoms with E-state index in [2.05, 4.69) is 0 Å². The van der Waals surface area contributed by atoms with Crippen LogP contribution in [0, 0.1) is 5.82 Å². The fourth-order valence-corrected chi connectivity index (χ4v) is 2.24. The van der Waals surface area contributed by atoms with Crippen molar-refractivity contribution >= 4 is 17.8 Å². The first-order valence-electron chi connectivity index (χ1n) is 6.90. The van der Waals surface area contributed by atoms with E-state index >= 15 is 0 Å². The molecule has 0 aliphatic carbocycles. The summed E-state index contributed by atoms with van der Waals surface area (Å²) in [4.78, 5) is 25.4. The van der Waals surface area contributed by atoms with Gasteiger partial charge in [-0.1, -0.05) is 23.8 Å². The number of nitrogens with zero attached hydrogens (tertiary/aromatic N) is 1. The van der Waals surface area contributed by atoms with Gasteiger partial charge in [-0.2, -0.15) is 0 Å². The van der Waals surface area contributed by atoms with Crippen LogP contribution in [-0.2, 0) is 9.59 Å². The van der Waals surface area contributed by atoms with Gasteiger partial charge in [0.05, 0.1) is 0 Å². The Balaban J connectivity index is 2.36. The predicted molar refractivity (Wildman–Crippen MR) is 79.8 cm³/mol. The van der Waals surface area contributed by atoms with Gasteiger partial charge in [-0.3, -0.25) is 9.59 Å². The standard InChI is InChI=1S/C17H18FNO2/c1-12(2)9-17(21)19-8-7-15(20)11-14(19)10-13-5-3-4-6-16(13)18/h3-6,9-10H,7-8,11H2,1-2H3/b14-10+. The maximum Gasteiger partial charge on any atom is 0.250 e. The lowest BCUT2D eigenvalue weighted by Crippen LogP contribution is -2.36. The van der Waals surface area contributed by atoms with Crippen molar-refractivity contribution in [2.75, 3.05) is 6.54 Å². The van der Waals surface area contributed by atoms with E-state index in [0.29, 0.717) is 24.2 Å². The number of hydrogen-bond donors (Lipinski definition) is 0. The molecule has 3 nitrogen and oxygen atoms in total. The Hall–Kier alpha value is -2.23. The molecule has 1 aromatic rings. The van der Waals surface area contributed by atoms with Gasteiger partial charge in [0, 0.05) is 36.7 Å². The van der Waals surface area contributed by atoms with Gasteiger partial charge in [0.15, 0.2) is 0 Å². The minimum Gasteiger partial charge on any atom is -0.312 e. The second kappa shape index (κ2) is 6.48. The third-order valence-electron chi connectivity index (χ3n) is 3.24. The van der Waals surface area contributed by atoms with Crippen molar-refractivity contribution in [1.29, 1.82) is 0 Å². The van der Waals surface area contributed by atoms with Crippen LogP contribution in [0.25, 0.3) is 6.08 Å². The number of hydrogen-bond acceptors (Lipinski definition) is 2. The number of halogens is 1. The molecule has 1 aromatic carbocycles. The molecule has 1 fully saturated rings. The molecule has 0 aromatic heterocycles. The van der Waals surface area contributed by atoms with Crippen LogP contribution in [0.5, 0.6) is 0 Å². The molecular weight excluding hydrogens is 269 g/mol. The highest BCUT2D eigenvalue weighted by Crippen LogP contribution is 2.22. The highest BCUT2D eigenvalue weighted by atomic mass is 19.1. The summed E-state index contributed by atoms with van der Waals surface area (Å²) in [5.74, 6) is -0.457. The van der Waals surface area contributed by atoms with E-state index in [1.54, 1.807) is 29.2 Å². The zero-order valence-corrected chi connectivity index (χ0v) is 12.2. The van der Waals surface area contributed by atoms with Crippen molar-refractivity contribution < 1.29 is 14.0 Å². The zero-order chi connectivity index (χ0) is 15.4. The third kappa shape index (κ3) is 3.88. The Kier molecular flexibility index (Phi) is 4.68. The lowest BCUT2D eigenvalue weighted by atomic mass is 10.0. The number of carbonyl (C=O) groups is 2. The smallest absolute Gasteiger partial charge is 0.250 e. The Labute approximate surface area is 123 Å². The molecule has 1 saturated heterocycles. The average Bonchev–Trinajstić information content (AvgIpc) is 2.40. The molecule has 4 heteroatoms. The molecule has 1 heterocycles. The van der Waals surface area contributed by atoms with E-state index in [1.807, 2.05) is 13.8 Å². The van der Waals surface area contributed by atoms with Gasteiger partial charge in [-0.25, -0.2) is 4.39 Å². The Morgan fingerprint density at radius 1 is 1.29 bits per heavy atom. The van der Waals surface area contributed by atoms with Gasteiger partial charge in [-0.15, -0.1) is 0 Å². The van der Waals surface area contributed by atoms with Crippen LogP contribution in [0.2, 0.25) is 0 Å². The molecule has 1 aliphatic rings. The summed E-state index contributed by atoms with van der Waals surface area (Å²) in [6, 6.07) is 6.32. The molecule has 2 rings (SSSR count). The molecular formula is C17H18FNO2. The number of amides is 1. The first kappa shape index (κ1) is 15.2. The van der Waals surface area contributed by atoms with E-state index in [4.69, 9.17) is 0 Å². The SMILES string of the molecule is CC(C)=CC(=O)N1CCC(=O)C/C1=C\c1ccccc1F. The van der Waals surface area contributed by atoms with Gasteiger partial charge >= 0.3 is 0 Å². The number of likely N-dealkylation sites (tertiary alicyclic amines) is 1. The normalized spacial score (nSPS) is 17.0. The summed E-state index contributed by atoms with van der Waals surface area (Å²) >= 11 is 0. The van der Waals surface area contributed by atoms with E-state index in [-0.39, 0.29) is 23.9 Å². The van der Waals surface area contributed by atoms with Crippen LogP contribution in [0.3, 0.4) is 0 Å². The monoisotopic (exact) mass is 287 g/mol. The zero-order valence-electron chi connectivity index (χ0n) is 12.2. The number of piperidine rings is 1. The van der Waals surface area contributed by atoms with E-state index in [9.17, 15) is 14.0 Å². The fourth-order valence-electron chi connectivity index (χ4n) is 2.24. The molecule has 0 saturated carbocycles. The Morgan fingerprint density at radius 3 is 2.67 bits per heavy atom. The Morgan fingerprint density at radius 2 is 2.00 bits per heavy atom. The number of Topliss-reactive ketones (excluding diaryl/α,β-unsaturated/α-hetero) is 1. The molecule has 0 radical (unpaired) electrons. The molecule has 110 valence electrons. The van der Waals surface area contributed by atoms with Crippen molar-refractivity contribution in [3.05, 3.63) is 53.0 Å². The van der Waals surface area contributed by atoms with Gasteiger partial charge in [0.2, 0.25) is 0 Å². The minimum atomic E-state index is -0.363. The quantitative estimate of drug-likeness (QED) is 0.782. The van der Waals surface area contributed by atoms with Crippen LogP contribution in [0.4, 0.5) is 4.39 Å². The highest BCUT2D eigenvalue weighted by Gasteiger charge is 2.24. The van der Waals surface area contributed by atoms with E-state index in [1.165, 1.54) is 12.1 Å². The minimum absolute atomic E-state index is 0.0684. The van der Waals surface area contributed by atoms with Crippen LogP contribution in [0.1, 0.15) is 32.3 Å². The summed E-state index contributed by atoms with van der Waals surface area (Å²) in [5.41, 5.74) is 1.83. The molecule has 21 heavy (non-hydrogen) atoms.